The zero-order chi connectivity index (χ0) is 10.4. The summed E-state index contributed by atoms with van der Waals surface area (Å²) < 4.78 is 0. The maximum Gasteiger partial charge on any atom is 0.226 e. The number of pyridine rings is 1. The van der Waals surface area contributed by atoms with E-state index in [1.54, 1.807) is 18.2 Å². The second-order valence-electron chi connectivity index (χ2n) is 2.60. The number of nitrogens with zero attached hydrogens (tertiary/aromatic N) is 1. The van der Waals surface area contributed by atoms with E-state index in [1.807, 2.05) is 0 Å². The van der Waals surface area contributed by atoms with Gasteiger partial charge in [-0.25, -0.2) is 4.98 Å². The van der Waals surface area contributed by atoms with Gasteiger partial charge in [-0.1, -0.05) is 17.7 Å². The van der Waals surface area contributed by atoms with Gasteiger partial charge in [0.1, 0.15) is 11.0 Å². The first-order valence-corrected chi connectivity index (χ1v) is 4.46. The molecule has 0 saturated heterocycles. The summed E-state index contributed by atoms with van der Waals surface area (Å²) >= 11 is 5.64. The molecule has 0 aliphatic carbocycles. The highest BCUT2D eigenvalue weighted by molar-refractivity contribution is 6.29. The third-order valence-corrected chi connectivity index (χ3v) is 1.69. The number of hydrogen-bond acceptors (Lipinski definition) is 2. The summed E-state index contributed by atoms with van der Waals surface area (Å²) in [5, 5.41) is 2.93. The van der Waals surface area contributed by atoms with Gasteiger partial charge >= 0.3 is 0 Å². The summed E-state index contributed by atoms with van der Waals surface area (Å²) in [4.78, 5) is 15.1. The Kier molecular flexibility index (Phi) is 3.96. The number of aromatic nitrogens is 1. The molecule has 72 valence electrons. The van der Waals surface area contributed by atoms with Crippen molar-refractivity contribution in [3.05, 3.63) is 23.4 Å². The third-order valence-electron chi connectivity index (χ3n) is 1.48. The SMILES string of the molecule is C#CCCC(=O)Nc1cccc(Cl)n1. The van der Waals surface area contributed by atoms with Gasteiger partial charge in [0.2, 0.25) is 5.91 Å². The number of hydrogen-bond donors (Lipinski definition) is 1. The summed E-state index contributed by atoms with van der Waals surface area (Å²) in [5.41, 5.74) is 0. The van der Waals surface area contributed by atoms with Crippen molar-refractivity contribution in [1.29, 1.82) is 0 Å². The van der Waals surface area contributed by atoms with Crippen LogP contribution in [0.25, 0.3) is 0 Å². The highest BCUT2D eigenvalue weighted by Gasteiger charge is 2.01. The molecule has 1 amide bonds. The topological polar surface area (TPSA) is 42.0 Å². The lowest BCUT2D eigenvalue weighted by atomic mass is 10.3. The summed E-state index contributed by atoms with van der Waals surface area (Å²) in [5.74, 6) is 2.68. The van der Waals surface area contributed by atoms with Crippen molar-refractivity contribution in [2.75, 3.05) is 5.32 Å². The van der Waals surface area contributed by atoms with Crippen LogP contribution in [0.15, 0.2) is 18.2 Å². The minimum atomic E-state index is -0.155. The Balaban J connectivity index is 2.53. The Morgan fingerprint density at radius 3 is 3.07 bits per heavy atom. The fourth-order valence-corrected chi connectivity index (χ4v) is 1.03. The average molecular weight is 209 g/mol. The quantitative estimate of drug-likeness (QED) is 0.611. The van der Waals surface area contributed by atoms with E-state index in [0.717, 1.165) is 0 Å². The van der Waals surface area contributed by atoms with Crippen LogP contribution in [-0.2, 0) is 4.79 Å². The second kappa shape index (κ2) is 5.25. The number of carbonyl (C=O) groups excluding carboxylic acids is 1. The van der Waals surface area contributed by atoms with Crippen LogP contribution in [0, 0.1) is 12.3 Å². The zero-order valence-corrected chi connectivity index (χ0v) is 8.21. The standard InChI is InChI=1S/C10H9ClN2O/c1-2-3-7-10(14)13-9-6-4-5-8(11)12-9/h1,4-6H,3,7H2,(H,12,13,14). The Hall–Kier alpha value is -1.53. The lowest BCUT2D eigenvalue weighted by Crippen LogP contribution is -2.11. The Labute approximate surface area is 87.5 Å². The van der Waals surface area contributed by atoms with E-state index in [-0.39, 0.29) is 5.91 Å². The normalized spacial score (nSPS) is 9.14. The molecule has 4 heteroatoms. The van der Waals surface area contributed by atoms with Crippen LogP contribution in [0.5, 0.6) is 0 Å². The monoisotopic (exact) mass is 208 g/mol. The fourth-order valence-electron chi connectivity index (χ4n) is 0.869. The first-order chi connectivity index (χ1) is 6.72. The first kappa shape index (κ1) is 10.6. The number of amides is 1. The number of rotatable bonds is 3. The van der Waals surface area contributed by atoms with Crippen LogP contribution >= 0.6 is 11.6 Å². The number of anilines is 1. The highest BCUT2D eigenvalue weighted by atomic mass is 35.5. The molecule has 1 aromatic heterocycles. The van der Waals surface area contributed by atoms with E-state index in [0.29, 0.717) is 23.8 Å². The van der Waals surface area contributed by atoms with Crippen molar-refractivity contribution in [2.24, 2.45) is 0 Å². The Morgan fingerprint density at radius 2 is 2.43 bits per heavy atom. The molecular weight excluding hydrogens is 200 g/mol. The van der Waals surface area contributed by atoms with Gasteiger partial charge in [-0.3, -0.25) is 4.79 Å². The van der Waals surface area contributed by atoms with Gasteiger partial charge in [-0.05, 0) is 12.1 Å². The van der Waals surface area contributed by atoms with Gasteiger partial charge in [0.05, 0.1) is 0 Å². The first-order valence-electron chi connectivity index (χ1n) is 4.08. The highest BCUT2D eigenvalue weighted by Crippen LogP contribution is 2.09. The fraction of sp³-hybridized carbons (Fsp3) is 0.200. The second-order valence-corrected chi connectivity index (χ2v) is 2.99. The van der Waals surface area contributed by atoms with E-state index in [9.17, 15) is 4.79 Å². The summed E-state index contributed by atoms with van der Waals surface area (Å²) in [6, 6.07) is 5.02. The van der Waals surface area contributed by atoms with Crippen LogP contribution in [0.2, 0.25) is 5.15 Å². The van der Waals surface area contributed by atoms with Crippen molar-refractivity contribution < 1.29 is 4.79 Å². The Bertz CT molecular complexity index is 371. The largest absolute Gasteiger partial charge is 0.311 e. The van der Waals surface area contributed by atoms with Crippen LogP contribution < -0.4 is 5.32 Å². The van der Waals surface area contributed by atoms with E-state index in [2.05, 4.69) is 16.2 Å². The molecule has 0 aliphatic heterocycles. The molecule has 14 heavy (non-hydrogen) atoms. The predicted octanol–water partition coefficient (Wildman–Crippen LogP) is 2.09. The molecule has 0 atom stereocenters. The average Bonchev–Trinajstić information content (AvgIpc) is 2.15. The van der Waals surface area contributed by atoms with Crippen LogP contribution in [0.4, 0.5) is 5.82 Å². The van der Waals surface area contributed by atoms with Crippen LogP contribution in [0.1, 0.15) is 12.8 Å². The van der Waals surface area contributed by atoms with E-state index in [1.165, 1.54) is 0 Å². The number of terminal acetylenes is 1. The smallest absolute Gasteiger partial charge is 0.226 e. The number of carbonyl (C=O) groups is 1. The summed E-state index contributed by atoms with van der Waals surface area (Å²) in [6.45, 7) is 0. The molecule has 0 aliphatic rings. The molecule has 1 aromatic rings. The molecule has 0 saturated carbocycles. The van der Waals surface area contributed by atoms with Gasteiger partial charge in [0.15, 0.2) is 0 Å². The number of halogens is 1. The molecule has 0 spiro atoms. The van der Waals surface area contributed by atoms with Crippen LogP contribution in [0.3, 0.4) is 0 Å². The maximum atomic E-state index is 11.2. The van der Waals surface area contributed by atoms with Crippen molar-refractivity contribution in [1.82, 2.24) is 4.98 Å². The lowest BCUT2D eigenvalue weighted by molar-refractivity contribution is -0.116. The predicted molar refractivity (Wildman–Crippen MR) is 55.9 cm³/mol. The molecule has 0 aromatic carbocycles. The molecular formula is C10H9ClN2O. The maximum absolute atomic E-state index is 11.2. The summed E-state index contributed by atoms with van der Waals surface area (Å²) in [6.07, 6.45) is 5.75. The Morgan fingerprint density at radius 1 is 1.64 bits per heavy atom. The van der Waals surface area contributed by atoms with Crippen molar-refractivity contribution >= 4 is 23.3 Å². The van der Waals surface area contributed by atoms with Gasteiger partial charge in [-0.15, -0.1) is 12.3 Å². The molecule has 1 rings (SSSR count). The molecule has 1 heterocycles. The van der Waals surface area contributed by atoms with Gasteiger partial charge in [0, 0.05) is 12.8 Å². The zero-order valence-electron chi connectivity index (χ0n) is 7.46. The molecule has 3 nitrogen and oxygen atoms in total. The van der Waals surface area contributed by atoms with E-state index < -0.39 is 0 Å². The van der Waals surface area contributed by atoms with E-state index in [4.69, 9.17) is 18.0 Å². The van der Waals surface area contributed by atoms with Gasteiger partial charge in [0.25, 0.3) is 0 Å². The molecule has 0 fully saturated rings. The van der Waals surface area contributed by atoms with Gasteiger partial charge < -0.3 is 5.32 Å². The van der Waals surface area contributed by atoms with Crippen LogP contribution in [-0.4, -0.2) is 10.9 Å². The number of nitrogens with one attached hydrogen (secondary N) is 1. The third kappa shape index (κ3) is 3.46. The van der Waals surface area contributed by atoms with Crippen molar-refractivity contribution in [2.45, 2.75) is 12.8 Å². The van der Waals surface area contributed by atoms with E-state index >= 15 is 0 Å². The van der Waals surface area contributed by atoms with Crippen molar-refractivity contribution in [3.63, 3.8) is 0 Å². The summed E-state index contributed by atoms with van der Waals surface area (Å²) in [7, 11) is 0. The molecule has 0 unspecified atom stereocenters. The van der Waals surface area contributed by atoms with Crippen molar-refractivity contribution in [3.8, 4) is 12.3 Å². The molecule has 0 bridgehead atoms. The molecule has 0 radical (unpaired) electrons. The van der Waals surface area contributed by atoms with Gasteiger partial charge in [-0.2, -0.15) is 0 Å². The minimum absolute atomic E-state index is 0.155. The molecule has 1 N–H and O–H groups in total. The minimum Gasteiger partial charge on any atom is -0.311 e. The lowest BCUT2D eigenvalue weighted by Gasteiger charge is -2.02.